The van der Waals surface area contributed by atoms with E-state index in [-0.39, 0.29) is 0 Å². The number of para-hydroxylation sites is 4. The van der Waals surface area contributed by atoms with Crippen LogP contribution in [0.2, 0.25) is 0 Å². The van der Waals surface area contributed by atoms with Gasteiger partial charge in [-0.3, -0.25) is 0 Å². The van der Waals surface area contributed by atoms with Crippen LogP contribution in [-0.4, -0.2) is 9.13 Å². The lowest BCUT2D eigenvalue weighted by Crippen LogP contribution is -2.26. The largest absolute Gasteiger partial charge is 0.455 e. The molecular weight excluding hydrogens is 1720 g/mol. The molecule has 0 amide bonds. The van der Waals surface area contributed by atoms with Gasteiger partial charge in [0, 0.05) is 109 Å². The van der Waals surface area contributed by atoms with Gasteiger partial charge in [0.05, 0.1) is 38.3 Å². The third-order valence-corrected chi connectivity index (χ3v) is 30.4. The Morgan fingerprint density at radius 1 is 0.193 bits per heavy atom. The van der Waals surface area contributed by atoms with Crippen molar-refractivity contribution in [3.63, 3.8) is 0 Å². The van der Waals surface area contributed by atoms with E-state index in [1.165, 1.54) is 131 Å². The quantitative estimate of drug-likeness (QED) is 0.109. The summed E-state index contributed by atoms with van der Waals surface area (Å²) in [5.74, 6) is 0. The lowest BCUT2D eigenvalue weighted by molar-refractivity contribution is 0.670. The standard InChI is InChI=1S/C73H46N2O.C60H38N2OS/c1-3-17-47(18-4-1)49-31-37-52(38-32-49)74(55-43-44-59-58-23-9-14-28-66(58)73(67(59)45-55)64-26-12-7-21-56(64)57-22-8-13-27-65(57)73)53-41-35-51(36-42-53)62-46-63-60-24-10-15-29-68(60)75(54-39-33-50(34-40-54)48-19-5-2-6-20-48)71(63)70-61-25-11-16-30-69(61)76-72(62)70;1-3-13-39(14-4-1)41-23-29-44(30-24-41)61(47-35-36-57-52(37-47)49-18-9-12-22-56(49)64-57)45-33-27-43(28-34-45)51-38-53-48-17-7-10-20-54(48)62(46-31-25-42(26-32-46)40-15-5-2-6-16-40)59(53)58-50-19-8-11-21-55(50)63-60(51)58/h1-46H;1-38H. The molecule has 0 saturated heterocycles. The van der Waals surface area contributed by atoms with Gasteiger partial charge in [-0.1, -0.05) is 364 Å². The number of fused-ring (bicyclic) bond motifs is 27. The van der Waals surface area contributed by atoms with E-state index in [0.717, 1.165) is 134 Å². The summed E-state index contributed by atoms with van der Waals surface area (Å²) >= 11 is 1.85. The van der Waals surface area contributed by atoms with Crippen molar-refractivity contribution in [2.45, 2.75) is 5.41 Å². The van der Waals surface area contributed by atoms with Gasteiger partial charge in [0.1, 0.15) is 22.3 Å². The number of anilines is 6. The topological polar surface area (TPSA) is 42.6 Å². The Hall–Kier alpha value is -18.1. The number of aromatic nitrogens is 2. The van der Waals surface area contributed by atoms with Crippen molar-refractivity contribution in [1.29, 1.82) is 0 Å². The van der Waals surface area contributed by atoms with Crippen molar-refractivity contribution < 1.29 is 8.83 Å². The molecule has 140 heavy (non-hydrogen) atoms. The maximum absolute atomic E-state index is 7.02. The average molecular weight is 1800 g/mol. The summed E-state index contributed by atoms with van der Waals surface area (Å²) in [4.78, 5) is 4.81. The fourth-order valence-electron chi connectivity index (χ4n) is 22.9. The van der Waals surface area contributed by atoms with Gasteiger partial charge in [-0.2, -0.15) is 0 Å². The Kier molecular flexibility index (Phi) is 18.7. The number of thiophene rings is 1. The lowest BCUT2D eigenvalue weighted by atomic mass is 9.70. The molecule has 0 fully saturated rings. The molecule has 0 unspecified atom stereocenters. The summed E-state index contributed by atoms with van der Waals surface area (Å²) in [7, 11) is 0. The zero-order valence-electron chi connectivity index (χ0n) is 76.0. The van der Waals surface area contributed by atoms with E-state index in [2.05, 4.69) is 529 Å². The van der Waals surface area contributed by atoms with Gasteiger partial charge in [0.25, 0.3) is 0 Å². The Labute approximate surface area is 812 Å². The first-order valence-electron chi connectivity index (χ1n) is 48.0. The molecule has 0 aliphatic heterocycles. The van der Waals surface area contributed by atoms with Gasteiger partial charge in [-0.15, -0.1) is 11.3 Å². The molecule has 654 valence electrons. The van der Waals surface area contributed by atoms with E-state index in [1.54, 1.807) is 0 Å². The van der Waals surface area contributed by atoms with E-state index in [4.69, 9.17) is 8.83 Å². The number of hydrogen-bond donors (Lipinski definition) is 0. The second kappa shape index (κ2) is 32.6. The molecular formula is C133H84N4O2S. The Balaban J connectivity index is 0.000000139. The molecule has 27 aromatic rings. The smallest absolute Gasteiger partial charge is 0.145 e. The van der Waals surface area contributed by atoms with Gasteiger partial charge >= 0.3 is 0 Å². The van der Waals surface area contributed by atoms with E-state index in [0.29, 0.717) is 0 Å². The van der Waals surface area contributed by atoms with Gasteiger partial charge < -0.3 is 27.8 Å². The van der Waals surface area contributed by atoms with Crippen molar-refractivity contribution in [2.75, 3.05) is 9.80 Å². The first-order valence-corrected chi connectivity index (χ1v) is 48.8. The van der Waals surface area contributed by atoms with Crippen LogP contribution in [0.1, 0.15) is 22.3 Å². The maximum atomic E-state index is 7.02. The van der Waals surface area contributed by atoms with Crippen molar-refractivity contribution in [3.05, 3.63) is 532 Å². The molecule has 5 aromatic heterocycles. The SMILES string of the molecule is c1ccc(-c2ccc(N(c3ccc(-c4cc5c6ccccc6n(-c6ccc(-c7ccccc7)cc6)c5c5c4oc4ccccc45)cc3)c3ccc4c(c3)C3(c5ccccc5-c5ccccc53)c3ccccc3-4)cc2)cc1.c1ccc(-c2ccc(N(c3ccc(-c4cc5c6ccccc6n(-c6ccc(-c7ccccc7)cc6)c5c5c4oc4ccccc45)cc3)c3ccc4sc5ccccc5c4c3)cc2)cc1. The Morgan fingerprint density at radius 2 is 0.493 bits per heavy atom. The van der Waals surface area contributed by atoms with E-state index in [1.807, 2.05) is 11.3 Å². The number of benzene rings is 22. The molecule has 2 aliphatic carbocycles. The zero-order chi connectivity index (χ0) is 92.0. The minimum atomic E-state index is -0.465. The molecule has 7 heteroatoms. The highest BCUT2D eigenvalue weighted by atomic mass is 32.1. The normalized spacial score (nSPS) is 12.3. The van der Waals surface area contributed by atoms with Crippen LogP contribution >= 0.6 is 11.3 Å². The number of hydrogen-bond acceptors (Lipinski definition) is 5. The summed E-state index contributed by atoms with van der Waals surface area (Å²) in [5.41, 5.74) is 40.7. The summed E-state index contributed by atoms with van der Waals surface area (Å²) < 4.78 is 21.4. The van der Waals surface area contributed by atoms with Crippen LogP contribution in [0.3, 0.4) is 0 Å². The molecule has 0 atom stereocenters. The van der Waals surface area contributed by atoms with Gasteiger partial charge in [0.15, 0.2) is 0 Å². The van der Waals surface area contributed by atoms with Crippen molar-refractivity contribution >= 4 is 153 Å². The molecule has 0 bridgehead atoms. The van der Waals surface area contributed by atoms with Crippen molar-refractivity contribution in [2.24, 2.45) is 0 Å². The van der Waals surface area contributed by atoms with Gasteiger partial charge in [0.2, 0.25) is 0 Å². The van der Waals surface area contributed by atoms with Crippen LogP contribution in [0, 0.1) is 0 Å². The first kappa shape index (κ1) is 80.3. The van der Waals surface area contributed by atoms with Crippen LogP contribution < -0.4 is 9.80 Å². The predicted molar refractivity (Wildman–Crippen MR) is 587 cm³/mol. The molecule has 1 spiro atoms. The summed E-state index contributed by atoms with van der Waals surface area (Å²) in [6, 6.07) is 186. The molecule has 0 N–H and O–H groups in total. The third kappa shape index (κ3) is 12.8. The fourth-order valence-corrected chi connectivity index (χ4v) is 24.0. The third-order valence-electron chi connectivity index (χ3n) is 29.2. The van der Waals surface area contributed by atoms with Crippen LogP contribution in [0.15, 0.2) is 518 Å². The molecule has 29 rings (SSSR count). The van der Waals surface area contributed by atoms with Gasteiger partial charge in [-0.25, -0.2) is 0 Å². The molecule has 6 nitrogen and oxygen atoms in total. The van der Waals surface area contributed by atoms with Crippen LogP contribution in [0.4, 0.5) is 34.1 Å². The predicted octanol–water partition coefficient (Wildman–Crippen LogP) is 37.0. The van der Waals surface area contributed by atoms with Crippen LogP contribution in [-0.2, 0) is 5.41 Å². The highest BCUT2D eigenvalue weighted by Gasteiger charge is 2.52. The fraction of sp³-hybridized carbons (Fsp3) is 0.00752. The molecule has 2 aliphatic rings. The van der Waals surface area contributed by atoms with Gasteiger partial charge in [-0.05, 0) is 246 Å². The minimum absolute atomic E-state index is 0.465. The Bertz CT molecular complexity index is 9510. The number of nitrogens with zero attached hydrogens (tertiary/aromatic N) is 4. The summed E-state index contributed by atoms with van der Waals surface area (Å²) in [6.45, 7) is 0. The number of furan rings is 2. The maximum Gasteiger partial charge on any atom is 0.145 e. The molecule has 5 heterocycles. The van der Waals surface area contributed by atoms with Crippen LogP contribution in [0.25, 0.3) is 208 Å². The van der Waals surface area contributed by atoms with Crippen LogP contribution in [0.5, 0.6) is 0 Å². The molecule has 0 radical (unpaired) electrons. The van der Waals surface area contributed by atoms with Crippen molar-refractivity contribution in [3.8, 4) is 100 Å². The minimum Gasteiger partial charge on any atom is -0.455 e. The number of rotatable bonds is 14. The second-order valence-electron chi connectivity index (χ2n) is 36.8. The first-order chi connectivity index (χ1) is 69.4. The lowest BCUT2D eigenvalue weighted by Gasteiger charge is -2.32. The summed E-state index contributed by atoms with van der Waals surface area (Å²) in [6.07, 6.45) is 0. The highest BCUT2D eigenvalue weighted by molar-refractivity contribution is 7.25. The van der Waals surface area contributed by atoms with E-state index in [9.17, 15) is 0 Å². The molecule has 0 saturated carbocycles. The monoisotopic (exact) mass is 1800 g/mol. The molecule has 22 aromatic carbocycles. The zero-order valence-corrected chi connectivity index (χ0v) is 76.8. The average Bonchev–Trinajstić information content (AvgIpc) is 1.50. The second-order valence-corrected chi connectivity index (χ2v) is 37.8. The van der Waals surface area contributed by atoms with E-state index >= 15 is 0 Å². The van der Waals surface area contributed by atoms with Crippen molar-refractivity contribution in [1.82, 2.24) is 9.13 Å². The summed E-state index contributed by atoms with van der Waals surface area (Å²) in [5, 5.41) is 11.8. The Morgan fingerprint density at radius 3 is 0.907 bits per heavy atom. The van der Waals surface area contributed by atoms with E-state index < -0.39 is 5.41 Å². The highest BCUT2D eigenvalue weighted by Crippen LogP contribution is 2.64.